The van der Waals surface area contributed by atoms with Gasteiger partial charge in [-0.2, -0.15) is 0 Å². The van der Waals surface area contributed by atoms with Gasteiger partial charge in [-0.3, -0.25) is 4.90 Å². The first-order chi connectivity index (χ1) is 11.4. The quantitative estimate of drug-likeness (QED) is 0.744. The van der Waals surface area contributed by atoms with Crippen molar-refractivity contribution >= 4 is 12.4 Å². The first kappa shape index (κ1) is 19.0. The molecular weight excluding hydrogens is 316 g/mol. The molecule has 1 aliphatic heterocycles. The zero-order valence-electron chi connectivity index (χ0n) is 14.4. The first-order valence-electron chi connectivity index (χ1n) is 8.91. The third-order valence-electron chi connectivity index (χ3n) is 4.86. The molecule has 2 aromatic rings. The van der Waals surface area contributed by atoms with Crippen LogP contribution in [0.4, 0.5) is 0 Å². The van der Waals surface area contributed by atoms with Crippen molar-refractivity contribution in [2.45, 2.75) is 32.4 Å². The molecule has 2 nitrogen and oxygen atoms in total. The highest BCUT2D eigenvalue weighted by atomic mass is 35.5. The van der Waals surface area contributed by atoms with Gasteiger partial charge in [0.25, 0.3) is 0 Å². The average molecular weight is 345 g/mol. The van der Waals surface area contributed by atoms with Crippen molar-refractivity contribution < 1.29 is 0 Å². The van der Waals surface area contributed by atoms with Gasteiger partial charge in [-0.25, -0.2) is 0 Å². The number of hydrogen-bond donors (Lipinski definition) is 1. The molecule has 2 aromatic carbocycles. The van der Waals surface area contributed by atoms with Crippen molar-refractivity contribution in [1.29, 1.82) is 0 Å². The van der Waals surface area contributed by atoms with Gasteiger partial charge < -0.3 is 5.32 Å². The molecule has 0 unspecified atom stereocenters. The second-order valence-electron chi connectivity index (χ2n) is 6.66. The number of likely N-dealkylation sites (tertiary alicyclic amines) is 1. The Kier molecular flexibility index (Phi) is 8.31. The molecule has 1 saturated heterocycles. The normalized spacial score (nSPS) is 15.8. The van der Waals surface area contributed by atoms with Crippen LogP contribution in [0.2, 0.25) is 0 Å². The van der Waals surface area contributed by atoms with Crippen LogP contribution in [0.5, 0.6) is 0 Å². The maximum Gasteiger partial charge on any atom is 0.0233 e. The van der Waals surface area contributed by atoms with Gasteiger partial charge >= 0.3 is 0 Å². The lowest BCUT2D eigenvalue weighted by atomic mass is 9.93. The van der Waals surface area contributed by atoms with Crippen LogP contribution >= 0.6 is 12.4 Å². The van der Waals surface area contributed by atoms with Gasteiger partial charge in [0, 0.05) is 13.1 Å². The van der Waals surface area contributed by atoms with Gasteiger partial charge in [0.1, 0.15) is 0 Å². The summed E-state index contributed by atoms with van der Waals surface area (Å²) in [6, 6.07) is 21.5. The molecule has 3 rings (SSSR count). The zero-order chi connectivity index (χ0) is 15.7. The molecule has 1 aliphatic rings. The summed E-state index contributed by atoms with van der Waals surface area (Å²) in [6.45, 7) is 5.74. The summed E-state index contributed by atoms with van der Waals surface area (Å²) in [6.07, 6.45) is 4.01. The van der Waals surface area contributed by atoms with Gasteiger partial charge in [0.15, 0.2) is 0 Å². The average Bonchev–Trinajstić information content (AvgIpc) is 2.62. The SMILES string of the molecule is Cl.c1ccc(CNCCC2CCN(Cc3ccccc3)CC2)cc1. The van der Waals surface area contributed by atoms with Crippen LogP contribution in [0.25, 0.3) is 0 Å². The van der Waals surface area contributed by atoms with E-state index in [-0.39, 0.29) is 12.4 Å². The molecule has 0 radical (unpaired) electrons. The summed E-state index contributed by atoms with van der Waals surface area (Å²) in [5.74, 6) is 0.894. The molecule has 0 aliphatic carbocycles. The van der Waals surface area contributed by atoms with Crippen LogP contribution in [-0.2, 0) is 13.1 Å². The van der Waals surface area contributed by atoms with Crippen LogP contribution in [-0.4, -0.2) is 24.5 Å². The van der Waals surface area contributed by atoms with E-state index in [2.05, 4.69) is 70.9 Å². The molecule has 0 amide bonds. The third kappa shape index (κ3) is 6.27. The van der Waals surface area contributed by atoms with Crippen molar-refractivity contribution in [2.75, 3.05) is 19.6 Å². The van der Waals surface area contributed by atoms with E-state index in [1.165, 1.54) is 43.5 Å². The summed E-state index contributed by atoms with van der Waals surface area (Å²) in [5, 5.41) is 3.59. The molecule has 0 aromatic heterocycles. The molecule has 1 heterocycles. The Morgan fingerprint density at radius 3 is 2.04 bits per heavy atom. The number of halogens is 1. The Morgan fingerprint density at radius 1 is 0.833 bits per heavy atom. The van der Waals surface area contributed by atoms with E-state index in [1.807, 2.05) is 0 Å². The number of benzene rings is 2. The van der Waals surface area contributed by atoms with E-state index in [0.29, 0.717) is 0 Å². The smallest absolute Gasteiger partial charge is 0.0233 e. The highest BCUT2D eigenvalue weighted by Gasteiger charge is 2.18. The number of nitrogens with zero attached hydrogens (tertiary/aromatic N) is 1. The maximum atomic E-state index is 3.59. The summed E-state index contributed by atoms with van der Waals surface area (Å²) in [5.41, 5.74) is 2.82. The standard InChI is InChI=1S/C21H28N2.ClH/c1-3-7-20(8-4-1)17-22-14-11-19-12-15-23(16-13-19)18-21-9-5-2-6-10-21;/h1-10,19,22H,11-18H2;1H. The Morgan fingerprint density at radius 2 is 1.42 bits per heavy atom. The van der Waals surface area contributed by atoms with E-state index in [1.54, 1.807) is 0 Å². The second kappa shape index (κ2) is 10.5. The Labute approximate surface area is 152 Å². The fourth-order valence-electron chi connectivity index (χ4n) is 3.41. The van der Waals surface area contributed by atoms with E-state index in [4.69, 9.17) is 0 Å². The van der Waals surface area contributed by atoms with Crippen molar-refractivity contribution in [3.8, 4) is 0 Å². The molecule has 1 N–H and O–H groups in total. The lowest BCUT2D eigenvalue weighted by molar-refractivity contribution is 0.172. The van der Waals surface area contributed by atoms with E-state index < -0.39 is 0 Å². The minimum absolute atomic E-state index is 0. The van der Waals surface area contributed by atoms with Crippen LogP contribution < -0.4 is 5.32 Å². The van der Waals surface area contributed by atoms with Crippen LogP contribution in [0.1, 0.15) is 30.4 Å². The molecule has 1 fully saturated rings. The number of rotatable bonds is 7. The van der Waals surface area contributed by atoms with Crippen molar-refractivity contribution in [1.82, 2.24) is 10.2 Å². The molecule has 3 heteroatoms. The minimum Gasteiger partial charge on any atom is -0.313 e. The van der Waals surface area contributed by atoms with Crippen LogP contribution in [0, 0.1) is 5.92 Å². The van der Waals surface area contributed by atoms with Crippen molar-refractivity contribution in [3.05, 3.63) is 71.8 Å². The molecule has 0 bridgehead atoms. The number of piperidine rings is 1. The van der Waals surface area contributed by atoms with Gasteiger partial charge in [-0.05, 0) is 55.9 Å². The van der Waals surface area contributed by atoms with E-state index >= 15 is 0 Å². The van der Waals surface area contributed by atoms with Gasteiger partial charge in [-0.1, -0.05) is 60.7 Å². The maximum absolute atomic E-state index is 3.59. The van der Waals surface area contributed by atoms with Crippen LogP contribution in [0.3, 0.4) is 0 Å². The van der Waals surface area contributed by atoms with Gasteiger partial charge in [-0.15, -0.1) is 12.4 Å². The summed E-state index contributed by atoms with van der Waals surface area (Å²) < 4.78 is 0. The Balaban J connectivity index is 0.00000208. The second-order valence-corrected chi connectivity index (χ2v) is 6.66. The largest absolute Gasteiger partial charge is 0.313 e. The first-order valence-corrected chi connectivity index (χ1v) is 8.91. The summed E-state index contributed by atoms with van der Waals surface area (Å²) in [4.78, 5) is 2.60. The fraction of sp³-hybridized carbons (Fsp3) is 0.429. The lowest BCUT2D eigenvalue weighted by Gasteiger charge is -2.32. The van der Waals surface area contributed by atoms with Gasteiger partial charge in [0.05, 0.1) is 0 Å². The molecule has 0 atom stereocenters. The molecule has 24 heavy (non-hydrogen) atoms. The van der Waals surface area contributed by atoms with E-state index in [9.17, 15) is 0 Å². The van der Waals surface area contributed by atoms with E-state index in [0.717, 1.165) is 25.6 Å². The van der Waals surface area contributed by atoms with Gasteiger partial charge in [0.2, 0.25) is 0 Å². The summed E-state index contributed by atoms with van der Waals surface area (Å²) in [7, 11) is 0. The molecule has 0 saturated carbocycles. The Hall–Kier alpha value is -1.35. The molecular formula is C21H29ClN2. The Bertz CT molecular complexity index is 548. The predicted molar refractivity (Wildman–Crippen MR) is 104 cm³/mol. The lowest BCUT2D eigenvalue weighted by Crippen LogP contribution is -2.34. The third-order valence-corrected chi connectivity index (χ3v) is 4.86. The van der Waals surface area contributed by atoms with Crippen molar-refractivity contribution in [2.24, 2.45) is 5.92 Å². The predicted octanol–water partition coefficient (Wildman–Crippen LogP) is 4.50. The molecule has 0 spiro atoms. The molecule has 130 valence electrons. The summed E-state index contributed by atoms with van der Waals surface area (Å²) >= 11 is 0. The minimum atomic E-state index is 0. The number of hydrogen-bond acceptors (Lipinski definition) is 2. The van der Waals surface area contributed by atoms with Crippen LogP contribution in [0.15, 0.2) is 60.7 Å². The highest BCUT2D eigenvalue weighted by molar-refractivity contribution is 5.85. The zero-order valence-corrected chi connectivity index (χ0v) is 15.2. The van der Waals surface area contributed by atoms with Crippen molar-refractivity contribution in [3.63, 3.8) is 0 Å². The number of nitrogens with one attached hydrogen (secondary N) is 1. The monoisotopic (exact) mass is 344 g/mol. The fourth-order valence-corrected chi connectivity index (χ4v) is 3.41. The highest BCUT2D eigenvalue weighted by Crippen LogP contribution is 2.21. The topological polar surface area (TPSA) is 15.3 Å².